The van der Waals surface area contributed by atoms with E-state index in [2.05, 4.69) is 21.2 Å². The lowest BCUT2D eigenvalue weighted by atomic mass is 10.0. The fraction of sp³-hybridized carbons (Fsp3) is 0.0800. The van der Waals surface area contributed by atoms with Crippen molar-refractivity contribution in [2.24, 2.45) is 0 Å². The topological polar surface area (TPSA) is 92.4 Å². The molecule has 4 rings (SSSR count). The van der Waals surface area contributed by atoms with E-state index in [0.717, 1.165) is 12.1 Å². The van der Waals surface area contributed by atoms with E-state index in [1.807, 2.05) is 0 Å². The van der Waals surface area contributed by atoms with Crippen molar-refractivity contribution in [3.8, 4) is 17.0 Å². The molecule has 0 fully saturated rings. The number of alkyl halides is 3. The fourth-order valence-electron chi connectivity index (χ4n) is 3.53. The molecule has 1 aromatic heterocycles. The first-order valence-corrected chi connectivity index (χ1v) is 10.3. The molecule has 3 aromatic carbocycles. The summed E-state index contributed by atoms with van der Waals surface area (Å²) in [5.74, 6) is -0.124. The summed E-state index contributed by atoms with van der Waals surface area (Å²) >= 11 is 0. The lowest BCUT2D eigenvalue weighted by Gasteiger charge is -2.15. The summed E-state index contributed by atoms with van der Waals surface area (Å²) in [4.78, 5) is 29.8. The van der Waals surface area contributed by atoms with Crippen molar-refractivity contribution in [1.29, 1.82) is 0 Å². The van der Waals surface area contributed by atoms with Crippen LogP contribution < -0.4 is 20.9 Å². The van der Waals surface area contributed by atoms with Gasteiger partial charge in [-0.25, -0.2) is 15.2 Å². The van der Waals surface area contributed by atoms with Gasteiger partial charge in [-0.2, -0.15) is 13.2 Å². The number of pyridine rings is 1. The zero-order valence-corrected chi connectivity index (χ0v) is 18.3. The molecule has 10 heteroatoms. The van der Waals surface area contributed by atoms with Crippen molar-refractivity contribution >= 4 is 28.5 Å². The van der Waals surface area contributed by atoms with Gasteiger partial charge in [0, 0.05) is 10.9 Å². The van der Waals surface area contributed by atoms with Crippen LogP contribution in [-0.2, 0) is 6.18 Å². The summed E-state index contributed by atoms with van der Waals surface area (Å²) in [6.45, 7) is 0. The van der Waals surface area contributed by atoms with Gasteiger partial charge < -0.3 is 10.1 Å². The fourth-order valence-corrected chi connectivity index (χ4v) is 3.53. The number of hydrogen-bond acceptors (Lipinski definition) is 4. The van der Waals surface area contributed by atoms with E-state index >= 15 is 0 Å². The maximum absolute atomic E-state index is 13.2. The number of methoxy groups -OCH3 is 1. The van der Waals surface area contributed by atoms with Crippen LogP contribution in [0.2, 0.25) is 0 Å². The van der Waals surface area contributed by atoms with Gasteiger partial charge in [0.2, 0.25) is 0 Å². The number of halogens is 3. The predicted octanol–water partition coefficient (Wildman–Crippen LogP) is 5.40. The normalized spacial score (nSPS) is 11.1. The highest BCUT2D eigenvalue weighted by Crippen LogP contribution is 2.34. The molecule has 4 aromatic rings. The molecule has 7 nitrogen and oxygen atoms in total. The lowest BCUT2D eigenvalue weighted by molar-refractivity contribution is -0.136. The maximum Gasteiger partial charge on any atom is 0.418 e. The molecule has 178 valence electrons. The Hall–Kier alpha value is -4.60. The van der Waals surface area contributed by atoms with Crippen LogP contribution in [-0.4, -0.2) is 24.0 Å². The Bertz CT molecular complexity index is 1410. The number of urea groups is 1. The van der Waals surface area contributed by atoms with Crippen LogP contribution >= 0.6 is 0 Å². The highest BCUT2D eigenvalue weighted by molar-refractivity contribution is 6.08. The van der Waals surface area contributed by atoms with Crippen molar-refractivity contribution in [1.82, 2.24) is 15.8 Å². The first kappa shape index (κ1) is 23.6. The Morgan fingerprint density at radius 3 is 2.34 bits per heavy atom. The highest BCUT2D eigenvalue weighted by Gasteiger charge is 2.33. The van der Waals surface area contributed by atoms with Crippen LogP contribution in [0.3, 0.4) is 0 Å². The number of aromatic nitrogens is 1. The molecule has 3 amide bonds. The monoisotopic (exact) mass is 480 g/mol. The average Bonchev–Trinajstić information content (AvgIpc) is 2.86. The average molecular weight is 480 g/mol. The Kier molecular flexibility index (Phi) is 6.54. The number of amides is 3. The SMILES string of the molecule is COc1ccccc1-c1cc(C(=O)NNC(=O)Nc2ccccc2C(F)(F)F)c2ccccc2n1. The number of anilines is 1. The van der Waals surface area contributed by atoms with E-state index in [0.29, 0.717) is 27.9 Å². The summed E-state index contributed by atoms with van der Waals surface area (Å²) < 4.78 is 44.9. The molecule has 0 saturated carbocycles. The first-order valence-electron chi connectivity index (χ1n) is 10.3. The van der Waals surface area contributed by atoms with Crippen LogP contribution in [0.4, 0.5) is 23.7 Å². The number of ether oxygens (including phenoxy) is 1. The quantitative estimate of drug-likeness (QED) is 0.341. The van der Waals surface area contributed by atoms with Gasteiger partial charge in [-0.3, -0.25) is 10.2 Å². The van der Waals surface area contributed by atoms with Gasteiger partial charge in [-0.15, -0.1) is 0 Å². The number of hydrogen-bond donors (Lipinski definition) is 3. The number of nitrogens with zero attached hydrogens (tertiary/aromatic N) is 1. The molecule has 0 bridgehead atoms. The van der Waals surface area contributed by atoms with Gasteiger partial charge in [-0.1, -0.05) is 42.5 Å². The van der Waals surface area contributed by atoms with Crippen molar-refractivity contribution in [3.63, 3.8) is 0 Å². The van der Waals surface area contributed by atoms with E-state index in [1.165, 1.54) is 19.2 Å². The molecule has 0 aliphatic carbocycles. The molecular weight excluding hydrogens is 461 g/mol. The third kappa shape index (κ3) is 5.16. The maximum atomic E-state index is 13.2. The summed E-state index contributed by atoms with van der Waals surface area (Å²) in [7, 11) is 1.52. The van der Waals surface area contributed by atoms with Crippen LogP contribution in [0.25, 0.3) is 22.2 Å². The molecule has 0 unspecified atom stereocenters. The molecule has 1 heterocycles. The molecule has 0 aliphatic heterocycles. The Morgan fingerprint density at radius 2 is 1.57 bits per heavy atom. The minimum atomic E-state index is -4.65. The van der Waals surface area contributed by atoms with E-state index in [-0.39, 0.29) is 5.56 Å². The number of carbonyl (C=O) groups is 2. The molecule has 0 atom stereocenters. The van der Waals surface area contributed by atoms with E-state index in [4.69, 9.17) is 4.74 Å². The van der Waals surface area contributed by atoms with Gasteiger partial charge in [0.1, 0.15) is 5.75 Å². The second-order valence-corrected chi connectivity index (χ2v) is 7.35. The minimum absolute atomic E-state index is 0.201. The first-order chi connectivity index (χ1) is 16.8. The van der Waals surface area contributed by atoms with Crippen LogP contribution in [0.15, 0.2) is 78.9 Å². The number of hydrazine groups is 1. The summed E-state index contributed by atoms with van der Waals surface area (Å²) in [5, 5.41) is 2.62. The van der Waals surface area contributed by atoms with Crippen LogP contribution in [0.5, 0.6) is 5.75 Å². The lowest BCUT2D eigenvalue weighted by Crippen LogP contribution is -2.44. The van der Waals surface area contributed by atoms with Crippen LogP contribution in [0, 0.1) is 0 Å². The van der Waals surface area contributed by atoms with E-state index < -0.39 is 29.4 Å². The van der Waals surface area contributed by atoms with Gasteiger partial charge in [0.05, 0.1) is 35.1 Å². The molecule has 0 spiro atoms. The number of rotatable bonds is 4. The number of carbonyl (C=O) groups excluding carboxylic acids is 2. The van der Waals surface area contributed by atoms with Crippen molar-refractivity contribution in [2.45, 2.75) is 6.18 Å². The summed E-state index contributed by atoms with van der Waals surface area (Å²) in [6, 6.07) is 19.1. The zero-order chi connectivity index (χ0) is 25.0. The summed E-state index contributed by atoms with van der Waals surface area (Å²) in [5.41, 5.74) is 4.73. The number of benzene rings is 3. The molecular formula is C25H19F3N4O3. The van der Waals surface area contributed by atoms with Crippen LogP contribution in [0.1, 0.15) is 15.9 Å². The Balaban J connectivity index is 1.58. The highest BCUT2D eigenvalue weighted by atomic mass is 19.4. The van der Waals surface area contributed by atoms with E-state index in [9.17, 15) is 22.8 Å². The van der Waals surface area contributed by atoms with Gasteiger partial charge in [-0.05, 0) is 36.4 Å². The molecule has 0 aliphatic rings. The number of para-hydroxylation sites is 3. The number of fused-ring (bicyclic) bond motifs is 1. The molecule has 0 radical (unpaired) electrons. The number of nitrogens with one attached hydrogen (secondary N) is 3. The molecule has 35 heavy (non-hydrogen) atoms. The van der Waals surface area contributed by atoms with Crippen molar-refractivity contribution < 1.29 is 27.5 Å². The second-order valence-electron chi connectivity index (χ2n) is 7.35. The minimum Gasteiger partial charge on any atom is -0.496 e. The smallest absolute Gasteiger partial charge is 0.418 e. The van der Waals surface area contributed by atoms with Crippen molar-refractivity contribution in [2.75, 3.05) is 12.4 Å². The standard InChI is InChI=1S/C25H19F3N4O3/c1-35-22-13-7-3-9-16(22)21-14-17(15-8-2-5-11-19(15)29-21)23(33)31-32-24(34)30-20-12-6-4-10-18(20)25(26,27)28/h2-14H,1H3,(H,31,33)(H2,30,32,34). The Morgan fingerprint density at radius 1 is 0.886 bits per heavy atom. The third-order valence-corrected chi connectivity index (χ3v) is 5.11. The van der Waals surface area contributed by atoms with E-state index in [1.54, 1.807) is 54.6 Å². The van der Waals surface area contributed by atoms with Gasteiger partial charge in [0.15, 0.2) is 0 Å². The van der Waals surface area contributed by atoms with Crippen molar-refractivity contribution in [3.05, 3.63) is 90.0 Å². The Labute approximate surface area is 197 Å². The zero-order valence-electron chi connectivity index (χ0n) is 18.3. The third-order valence-electron chi connectivity index (χ3n) is 5.11. The molecule has 3 N–H and O–H groups in total. The van der Waals surface area contributed by atoms with Gasteiger partial charge in [0.25, 0.3) is 5.91 Å². The predicted molar refractivity (Wildman–Crippen MR) is 125 cm³/mol. The molecule has 0 saturated heterocycles. The largest absolute Gasteiger partial charge is 0.496 e. The second kappa shape index (κ2) is 9.72. The summed E-state index contributed by atoms with van der Waals surface area (Å²) in [6.07, 6.45) is -4.65. The van der Waals surface area contributed by atoms with Gasteiger partial charge >= 0.3 is 12.2 Å².